The summed E-state index contributed by atoms with van der Waals surface area (Å²) in [6.45, 7) is 10.1. The molecule has 21 heavy (non-hydrogen) atoms. The van der Waals surface area contributed by atoms with E-state index < -0.39 is 17.9 Å². The first-order valence-corrected chi connectivity index (χ1v) is 6.12. The Morgan fingerprint density at radius 3 is 1.86 bits per heavy atom. The predicted octanol–water partition coefficient (Wildman–Crippen LogP) is -0.421. The van der Waals surface area contributed by atoms with E-state index in [1.54, 1.807) is 21.0 Å². The number of nitrogens with zero attached hydrogens (tertiary/aromatic N) is 1. The molecule has 0 saturated heterocycles. The van der Waals surface area contributed by atoms with Gasteiger partial charge in [0.05, 0.1) is 20.1 Å². The monoisotopic (exact) mass is 301 g/mol. The van der Waals surface area contributed by atoms with Crippen molar-refractivity contribution >= 4 is 17.9 Å². The van der Waals surface area contributed by atoms with Crippen LogP contribution in [0.2, 0.25) is 0 Å². The lowest BCUT2D eigenvalue weighted by atomic mass is 10.4. The van der Waals surface area contributed by atoms with Crippen LogP contribution in [0, 0.1) is 0 Å². The summed E-state index contributed by atoms with van der Waals surface area (Å²) in [6.07, 6.45) is 0. The molecule has 7 nitrogen and oxygen atoms in total. The second-order valence-electron chi connectivity index (χ2n) is 5.19. The molecular formula is C14H23NO6. The van der Waals surface area contributed by atoms with Gasteiger partial charge < -0.3 is 24.2 Å². The number of carboxylic acid groups (broad SMARTS) is 2. The number of esters is 1. The topological polar surface area (TPSA) is 104 Å². The van der Waals surface area contributed by atoms with Crippen LogP contribution < -0.4 is 5.11 Å². The van der Waals surface area contributed by atoms with Crippen LogP contribution in [-0.2, 0) is 19.1 Å². The van der Waals surface area contributed by atoms with E-state index in [1.165, 1.54) is 6.92 Å². The number of hydrogen-bond acceptors (Lipinski definition) is 5. The predicted molar refractivity (Wildman–Crippen MR) is 75.1 cm³/mol. The minimum atomic E-state index is -1.12. The summed E-state index contributed by atoms with van der Waals surface area (Å²) >= 11 is 0. The summed E-state index contributed by atoms with van der Waals surface area (Å²) in [4.78, 5) is 31.0. The van der Waals surface area contributed by atoms with E-state index in [0.29, 0.717) is 12.1 Å². The molecule has 0 aromatic rings. The highest BCUT2D eigenvalue weighted by atomic mass is 16.5. The second kappa shape index (κ2) is 9.71. The summed E-state index contributed by atoms with van der Waals surface area (Å²) in [5.41, 5.74) is 0.509. The number of hydrogen-bond donors (Lipinski definition) is 1. The van der Waals surface area contributed by atoms with Crippen molar-refractivity contribution in [1.29, 1.82) is 0 Å². The highest BCUT2D eigenvalue weighted by molar-refractivity contribution is 5.86. The van der Waals surface area contributed by atoms with Crippen molar-refractivity contribution in [3.05, 3.63) is 24.3 Å². The third-order valence-electron chi connectivity index (χ3n) is 2.20. The van der Waals surface area contributed by atoms with Crippen molar-refractivity contribution in [2.24, 2.45) is 0 Å². The molecule has 1 N–H and O–H groups in total. The molecule has 0 heterocycles. The zero-order valence-corrected chi connectivity index (χ0v) is 13.0. The first-order chi connectivity index (χ1) is 9.39. The van der Waals surface area contributed by atoms with Gasteiger partial charge in [0.1, 0.15) is 19.7 Å². The molecule has 0 fully saturated rings. The molecule has 0 saturated carbocycles. The maximum atomic E-state index is 11.0. The molecule has 0 aliphatic carbocycles. The highest BCUT2D eigenvalue weighted by Gasteiger charge is 2.16. The van der Waals surface area contributed by atoms with Crippen LogP contribution in [0.15, 0.2) is 24.3 Å². The summed E-state index contributed by atoms with van der Waals surface area (Å²) in [5, 5.41) is 18.3. The number of quaternary nitrogens is 1. The Morgan fingerprint density at radius 2 is 1.57 bits per heavy atom. The molecule has 0 aromatic heterocycles. The zero-order chi connectivity index (χ0) is 17.2. The first-order valence-electron chi connectivity index (χ1n) is 6.12. The third kappa shape index (κ3) is 14.1. The van der Waals surface area contributed by atoms with E-state index in [9.17, 15) is 19.5 Å². The Balaban J connectivity index is 0. The van der Waals surface area contributed by atoms with Crippen LogP contribution in [0.25, 0.3) is 0 Å². The Bertz CT molecular complexity index is 413. The minimum absolute atomic E-state index is 0.107. The number of ether oxygens (including phenoxy) is 1. The maximum absolute atomic E-state index is 11.0. The van der Waals surface area contributed by atoms with Crippen molar-refractivity contribution in [3.8, 4) is 0 Å². The molecule has 0 aromatic carbocycles. The molecule has 7 heteroatoms. The third-order valence-corrected chi connectivity index (χ3v) is 2.20. The Morgan fingerprint density at radius 1 is 1.14 bits per heavy atom. The van der Waals surface area contributed by atoms with Gasteiger partial charge in [-0.15, -0.1) is 0 Å². The number of carbonyl (C=O) groups is 3. The van der Waals surface area contributed by atoms with E-state index in [-0.39, 0.29) is 23.2 Å². The quantitative estimate of drug-likeness (QED) is 0.389. The summed E-state index contributed by atoms with van der Waals surface area (Å²) in [7, 11) is 3.45. The lowest BCUT2D eigenvalue weighted by Crippen LogP contribution is -2.50. The zero-order valence-electron chi connectivity index (χ0n) is 13.0. The molecular weight excluding hydrogens is 278 g/mol. The van der Waals surface area contributed by atoms with Gasteiger partial charge in [-0.3, -0.25) is 0 Å². The largest absolute Gasteiger partial charge is 0.544 e. The molecule has 120 valence electrons. The van der Waals surface area contributed by atoms with Gasteiger partial charge in [0, 0.05) is 11.1 Å². The molecule has 0 rings (SSSR count). The van der Waals surface area contributed by atoms with Gasteiger partial charge in [0.25, 0.3) is 0 Å². The molecule has 0 radical (unpaired) electrons. The van der Waals surface area contributed by atoms with Crippen LogP contribution in [0.4, 0.5) is 0 Å². The van der Waals surface area contributed by atoms with E-state index >= 15 is 0 Å². The summed E-state index contributed by atoms with van der Waals surface area (Å²) in [6, 6.07) is 0. The second-order valence-corrected chi connectivity index (χ2v) is 5.19. The van der Waals surface area contributed by atoms with Crippen molar-refractivity contribution in [1.82, 2.24) is 0 Å². The van der Waals surface area contributed by atoms with E-state index in [0.717, 1.165) is 0 Å². The van der Waals surface area contributed by atoms with E-state index in [1.807, 2.05) is 0 Å². The highest BCUT2D eigenvalue weighted by Crippen LogP contribution is 1.97. The van der Waals surface area contributed by atoms with Crippen molar-refractivity contribution < 1.29 is 33.8 Å². The van der Waals surface area contributed by atoms with E-state index in [4.69, 9.17) is 9.84 Å². The average Bonchev–Trinajstić information content (AvgIpc) is 2.26. The van der Waals surface area contributed by atoms with Crippen molar-refractivity contribution in [2.75, 3.05) is 33.8 Å². The normalized spacial score (nSPS) is 9.90. The number of carbonyl (C=O) groups excluding carboxylic acids is 2. The van der Waals surface area contributed by atoms with Crippen LogP contribution in [0.3, 0.4) is 0 Å². The lowest BCUT2D eigenvalue weighted by Gasteiger charge is -2.29. The molecule has 0 aliphatic rings. The van der Waals surface area contributed by atoms with Gasteiger partial charge in [-0.25, -0.2) is 9.59 Å². The average molecular weight is 301 g/mol. The first kappa shape index (κ1) is 21.2. The van der Waals surface area contributed by atoms with Crippen LogP contribution in [0.5, 0.6) is 0 Å². The number of aliphatic carboxylic acids is 2. The van der Waals surface area contributed by atoms with Gasteiger partial charge >= 0.3 is 11.9 Å². The standard InChI is InChI=1S/C10H17NO4.C4H6O2/c1-8(2)10(14)15-6-5-11(3,4)7-9(12)13;1-3(2)4(5)6/h1,5-7H2,2-4H3;1H2,2H3,(H,5,6). The maximum Gasteiger partial charge on any atom is 0.333 e. The van der Waals surface area contributed by atoms with Crippen molar-refractivity contribution in [2.45, 2.75) is 13.8 Å². The van der Waals surface area contributed by atoms with Gasteiger partial charge in [-0.1, -0.05) is 13.2 Å². The molecule has 0 bridgehead atoms. The molecule has 0 amide bonds. The molecule has 0 spiro atoms. The van der Waals surface area contributed by atoms with Gasteiger partial charge in [0.15, 0.2) is 0 Å². The minimum Gasteiger partial charge on any atom is -0.544 e. The summed E-state index contributed by atoms with van der Waals surface area (Å²) in [5.74, 6) is -2.51. The Hall–Kier alpha value is -2.15. The van der Waals surface area contributed by atoms with Gasteiger partial charge in [-0.2, -0.15) is 0 Å². The molecule has 0 atom stereocenters. The molecule has 0 unspecified atom stereocenters. The number of rotatable bonds is 7. The fourth-order valence-corrected chi connectivity index (χ4v) is 0.937. The smallest absolute Gasteiger partial charge is 0.333 e. The SMILES string of the molecule is C=C(C)C(=O)O.C=C(C)C(=O)OCC[N+](C)(C)CC(=O)[O-]. The van der Waals surface area contributed by atoms with Crippen LogP contribution >= 0.6 is 0 Å². The molecule has 0 aliphatic heterocycles. The van der Waals surface area contributed by atoms with E-state index in [2.05, 4.69) is 13.2 Å². The Labute approximate surface area is 124 Å². The van der Waals surface area contributed by atoms with Crippen molar-refractivity contribution in [3.63, 3.8) is 0 Å². The summed E-state index contributed by atoms with van der Waals surface area (Å²) < 4.78 is 5.07. The fourth-order valence-electron chi connectivity index (χ4n) is 0.937. The van der Waals surface area contributed by atoms with Gasteiger partial charge in [-0.05, 0) is 13.8 Å². The van der Waals surface area contributed by atoms with Gasteiger partial charge in [0.2, 0.25) is 0 Å². The van der Waals surface area contributed by atoms with Crippen LogP contribution in [0.1, 0.15) is 13.8 Å². The number of likely N-dealkylation sites (N-methyl/N-ethyl adjacent to an activating group) is 1. The number of carboxylic acids is 2. The lowest BCUT2D eigenvalue weighted by molar-refractivity contribution is -0.884. The fraction of sp³-hybridized carbons (Fsp3) is 0.500. The van der Waals surface area contributed by atoms with Crippen LogP contribution in [-0.4, -0.2) is 61.3 Å². The Kier molecular flexibility index (Phi) is 9.78.